The van der Waals surface area contributed by atoms with Crippen molar-refractivity contribution in [2.24, 2.45) is 5.92 Å². The van der Waals surface area contributed by atoms with Gasteiger partial charge in [0.25, 0.3) is 5.91 Å². The van der Waals surface area contributed by atoms with Crippen molar-refractivity contribution in [1.82, 2.24) is 15.6 Å². The predicted octanol–water partition coefficient (Wildman–Crippen LogP) is 2.73. The van der Waals surface area contributed by atoms with E-state index in [0.29, 0.717) is 43.7 Å². The number of rotatable bonds is 8. The van der Waals surface area contributed by atoms with Gasteiger partial charge in [-0.15, -0.1) is 0 Å². The van der Waals surface area contributed by atoms with Crippen LogP contribution in [0.15, 0.2) is 36.5 Å². The van der Waals surface area contributed by atoms with Crippen LogP contribution in [-0.2, 0) is 4.79 Å². The van der Waals surface area contributed by atoms with Gasteiger partial charge in [0.1, 0.15) is 22.6 Å². The highest BCUT2D eigenvalue weighted by Gasteiger charge is 2.51. The third-order valence-corrected chi connectivity index (χ3v) is 6.86. The van der Waals surface area contributed by atoms with E-state index in [4.69, 9.17) is 11.6 Å². The molecule has 8 nitrogen and oxygen atoms in total. The van der Waals surface area contributed by atoms with Crippen molar-refractivity contribution in [3.8, 4) is 0 Å². The molecule has 10 heteroatoms. The van der Waals surface area contributed by atoms with E-state index >= 15 is 0 Å². The molecule has 0 bridgehead atoms. The fraction of sp³-hybridized carbons (Fsp3) is 0.440. The zero-order valence-corrected chi connectivity index (χ0v) is 20.1. The Hall–Kier alpha value is -3.04. The number of carbonyl (C=O) groups is 3. The second-order valence-electron chi connectivity index (χ2n) is 9.22. The van der Waals surface area contributed by atoms with Gasteiger partial charge in [-0.25, -0.2) is 9.37 Å². The molecule has 2 aliphatic rings. The molecule has 1 aliphatic heterocycles. The van der Waals surface area contributed by atoms with Gasteiger partial charge < -0.3 is 20.6 Å². The van der Waals surface area contributed by atoms with Crippen LogP contribution in [0.2, 0.25) is 5.15 Å². The number of ketones is 1. The maximum absolute atomic E-state index is 14.4. The van der Waals surface area contributed by atoms with E-state index in [1.54, 1.807) is 18.2 Å². The fourth-order valence-corrected chi connectivity index (χ4v) is 4.55. The van der Waals surface area contributed by atoms with Crippen LogP contribution < -0.4 is 15.5 Å². The SMILES string of the molecule is CC(O)C(=O)c1c(F)cccc1N1CCC(CNC(=O)C2(NC(=O)c3ccnc(Cl)c3)CC2)CC1. The molecule has 3 N–H and O–H groups in total. The minimum atomic E-state index is -1.29. The number of pyridine rings is 1. The Bertz CT molecular complexity index is 1130. The number of hydrogen-bond acceptors (Lipinski definition) is 6. The summed E-state index contributed by atoms with van der Waals surface area (Å²) in [6.45, 7) is 2.98. The number of aliphatic hydroxyl groups is 1. The van der Waals surface area contributed by atoms with Gasteiger partial charge in [-0.3, -0.25) is 14.4 Å². The molecule has 1 unspecified atom stereocenters. The van der Waals surface area contributed by atoms with Gasteiger partial charge in [-0.2, -0.15) is 0 Å². The first-order valence-electron chi connectivity index (χ1n) is 11.7. The summed E-state index contributed by atoms with van der Waals surface area (Å²) in [6, 6.07) is 7.46. The molecule has 2 aromatic rings. The lowest BCUT2D eigenvalue weighted by molar-refractivity contribution is -0.124. The zero-order valence-electron chi connectivity index (χ0n) is 19.4. The number of aromatic nitrogens is 1. The topological polar surface area (TPSA) is 112 Å². The van der Waals surface area contributed by atoms with E-state index < -0.39 is 23.2 Å². The number of Topliss-reactive ketones (excluding diaryl/α,β-unsaturated/α-hetero) is 1. The lowest BCUT2D eigenvalue weighted by Gasteiger charge is -2.35. The largest absolute Gasteiger partial charge is 0.385 e. The second kappa shape index (κ2) is 10.3. The standard InChI is InChI=1S/C25H28ClFN4O4/c1-15(32)22(33)21-18(27)3-2-4-19(21)31-11-6-16(7-12-31)14-29-24(35)25(8-9-25)30-23(34)17-5-10-28-20(26)13-17/h2-5,10,13,15-16,32H,6-9,11-12,14H2,1H3,(H,29,35)(H,30,34). The fourth-order valence-electron chi connectivity index (χ4n) is 4.38. The normalized spacial score (nSPS) is 18.0. The first-order valence-corrected chi connectivity index (χ1v) is 12.1. The van der Waals surface area contributed by atoms with Crippen molar-refractivity contribution >= 4 is 34.9 Å². The Morgan fingerprint density at radius 1 is 1.26 bits per heavy atom. The molecule has 2 amide bonds. The molecule has 1 aromatic carbocycles. The van der Waals surface area contributed by atoms with Crippen LogP contribution in [-0.4, -0.2) is 59.0 Å². The Morgan fingerprint density at radius 3 is 2.60 bits per heavy atom. The van der Waals surface area contributed by atoms with Gasteiger partial charge in [0.15, 0.2) is 5.78 Å². The lowest BCUT2D eigenvalue weighted by atomic mass is 9.94. The van der Waals surface area contributed by atoms with Crippen LogP contribution in [0.5, 0.6) is 0 Å². The maximum atomic E-state index is 14.4. The van der Waals surface area contributed by atoms with Gasteiger partial charge in [0.05, 0.1) is 11.3 Å². The van der Waals surface area contributed by atoms with Crippen LogP contribution >= 0.6 is 11.6 Å². The summed E-state index contributed by atoms with van der Waals surface area (Å²) >= 11 is 5.85. The number of nitrogens with zero attached hydrogens (tertiary/aromatic N) is 2. The highest BCUT2D eigenvalue weighted by Crippen LogP contribution is 2.36. The van der Waals surface area contributed by atoms with Crippen LogP contribution in [0.1, 0.15) is 53.3 Å². The summed E-state index contributed by atoms with van der Waals surface area (Å²) in [5.41, 5.74) is -0.154. The summed E-state index contributed by atoms with van der Waals surface area (Å²) in [4.78, 5) is 43.5. The summed E-state index contributed by atoms with van der Waals surface area (Å²) in [7, 11) is 0. The van der Waals surface area contributed by atoms with Crippen LogP contribution in [0, 0.1) is 11.7 Å². The molecule has 2 fully saturated rings. The first-order chi connectivity index (χ1) is 16.7. The summed E-state index contributed by atoms with van der Waals surface area (Å²) in [5, 5.41) is 15.7. The quantitative estimate of drug-likeness (QED) is 0.378. The summed E-state index contributed by atoms with van der Waals surface area (Å²) in [6.07, 6.45) is 2.78. The van der Waals surface area contributed by atoms with Crippen molar-refractivity contribution in [2.75, 3.05) is 24.5 Å². The molecule has 1 saturated heterocycles. The smallest absolute Gasteiger partial charge is 0.252 e. The summed E-state index contributed by atoms with van der Waals surface area (Å²) in [5.74, 6) is -1.65. The molecular formula is C25H28ClFN4O4. The van der Waals surface area contributed by atoms with Crippen molar-refractivity contribution in [3.63, 3.8) is 0 Å². The molecule has 4 rings (SSSR count). The first kappa shape index (κ1) is 25.1. The second-order valence-corrected chi connectivity index (χ2v) is 9.61. The number of aliphatic hydroxyl groups excluding tert-OH is 1. The number of carbonyl (C=O) groups excluding carboxylic acids is 3. The molecule has 1 aromatic heterocycles. The molecular weight excluding hydrogens is 475 g/mol. The lowest BCUT2D eigenvalue weighted by Crippen LogP contribution is -2.50. The van der Waals surface area contributed by atoms with Gasteiger partial charge in [-0.05, 0) is 62.8 Å². The number of benzene rings is 1. The molecule has 186 valence electrons. The van der Waals surface area contributed by atoms with Crippen molar-refractivity contribution < 1.29 is 23.9 Å². The van der Waals surface area contributed by atoms with E-state index in [0.717, 1.165) is 12.8 Å². The molecule has 2 heterocycles. The van der Waals surface area contributed by atoms with E-state index in [1.807, 2.05) is 4.90 Å². The summed E-state index contributed by atoms with van der Waals surface area (Å²) < 4.78 is 14.4. The number of hydrogen-bond donors (Lipinski definition) is 3. The monoisotopic (exact) mass is 502 g/mol. The van der Waals surface area contributed by atoms with Crippen molar-refractivity contribution in [3.05, 3.63) is 58.6 Å². The van der Waals surface area contributed by atoms with Crippen LogP contribution in [0.4, 0.5) is 10.1 Å². The Kier molecular flexibility index (Phi) is 7.37. The molecule has 0 radical (unpaired) electrons. The van der Waals surface area contributed by atoms with Crippen molar-refractivity contribution in [2.45, 2.75) is 44.2 Å². The Labute approximate surface area is 207 Å². The third-order valence-electron chi connectivity index (χ3n) is 6.65. The third kappa shape index (κ3) is 5.62. The number of anilines is 1. The van der Waals surface area contributed by atoms with Crippen LogP contribution in [0.25, 0.3) is 0 Å². The van der Waals surface area contributed by atoms with Gasteiger partial charge in [0, 0.05) is 31.4 Å². The Morgan fingerprint density at radius 2 is 1.97 bits per heavy atom. The number of amides is 2. The molecule has 1 aliphatic carbocycles. The highest BCUT2D eigenvalue weighted by molar-refractivity contribution is 6.29. The minimum Gasteiger partial charge on any atom is -0.385 e. The van der Waals surface area contributed by atoms with Gasteiger partial charge in [-0.1, -0.05) is 17.7 Å². The average Bonchev–Trinajstić information content (AvgIpc) is 3.63. The number of piperidine rings is 1. The molecule has 1 atom stereocenters. The maximum Gasteiger partial charge on any atom is 0.252 e. The molecule has 35 heavy (non-hydrogen) atoms. The van der Waals surface area contributed by atoms with Gasteiger partial charge in [0.2, 0.25) is 5.91 Å². The van der Waals surface area contributed by atoms with E-state index in [9.17, 15) is 23.9 Å². The number of halogens is 2. The van der Waals surface area contributed by atoms with Crippen LogP contribution in [0.3, 0.4) is 0 Å². The van der Waals surface area contributed by atoms with E-state index in [2.05, 4.69) is 15.6 Å². The predicted molar refractivity (Wildman–Crippen MR) is 129 cm³/mol. The minimum absolute atomic E-state index is 0.0869. The highest BCUT2D eigenvalue weighted by atomic mass is 35.5. The van der Waals surface area contributed by atoms with E-state index in [-0.39, 0.29) is 28.4 Å². The number of nitrogens with one attached hydrogen (secondary N) is 2. The molecule has 1 saturated carbocycles. The average molecular weight is 503 g/mol. The zero-order chi connectivity index (χ0) is 25.2. The Balaban J connectivity index is 1.30. The van der Waals surface area contributed by atoms with Gasteiger partial charge >= 0.3 is 0 Å². The van der Waals surface area contributed by atoms with Crippen molar-refractivity contribution in [1.29, 1.82) is 0 Å². The van der Waals surface area contributed by atoms with E-state index in [1.165, 1.54) is 25.3 Å². The molecule has 0 spiro atoms.